The standard InChI is InChI=1S/C45H22BF20/c47-25-22(26(48)32(54)37(59)31(25)53)46(23-27(49)33(55)38(60)34(56)28(23)50,24-29(51)35(57)39(61)36(58)30(24)52)43(16-19-10-4-1-5-11-19)41(63)40(62)42(64)44(65,17-20-12-6-2-7-13-20)45(43,66)18-21-14-8-3-9-15-21/h1-15,42H,16-18H2/q-1. The highest BCUT2D eigenvalue weighted by Crippen LogP contribution is 2.69. The summed E-state index contributed by atoms with van der Waals surface area (Å²) in [5, 5.41) is -5.62. The Morgan fingerprint density at radius 1 is 0.348 bits per heavy atom. The van der Waals surface area contributed by atoms with Crippen molar-refractivity contribution in [1.82, 2.24) is 0 Å². The number of benzene rings is 6. The third-order valence-corrected chi connectivity index (χ3v) is 12.3. The molecule has 6 aromatic carbocycles. The Hall–Kier alpha value is -6.28. The molecule has 0 fully saturated rings. The summed E-state index contributed by atoms with van der Waals surface area (Å²) in [5.74, 6) is -60.5. The molecule has 0 spiro atoms. The van der Waals surface area contributed by atoms with Crippen molar-refractivity contribution in [1.29, 1.82) is 0 Å². The van der Waals surface area contributed by atoms with Crippen molar-refractivity contribution in [2.75, 3.05) is 0 Å². The minimum atomic E-state index is -7.57. The maximum Gasteiger partial charge on any atom is 0.200 e. The van der Waals surface area contributed by atoms with Crippen LogP contribution in [0.1, 0.15) is 16.7 Å². The Balaban J connectivity index is 1.99. The van der Waals surface area contributed by atoms with Crippen LogP contribution in [0.15, 0.2) is 103 Å². The average molecular weight is 953 g/mol. The van der Waals surface area contributed by atoms with Gasteiger partial charge in [-0.15, -0.1) is 16.4 Å². The van der Waals surface area contributed by atoms with Gasteiger partial charge in [0, 0.05) is 12.8 Å². The highest BCUT2D eigenvalue weighted by molar-refractivity contribution is 7.14. The van der Waals surface area contributed by atoms with Crippen molar-refractivity contribution in [3.05, 3.63) is 207 Å². The number of hydrogen-bond donors (Lipinski definition) is 0. The zero-order chi connectivity index (χ0) is 48.6. The normalized spacial score (nSPS) is 21.2. The average Bonchev–Trinajstić information content (AvgIpc) is 3.31. The second-order valence-corrected chi connectivity index (χ2v) is 15.5. The lowest BCUT2D eigenvalue weighted by Gasteiger charge is -2.67. The molecule has 21 heteroatoms. The van der Waals surface area contributed by atoms with E-state index < -0.39 is 180 Å². The van der Waals surface area contributed by atoms with Crippen LogP contribution >= 0.6 is 0 Å². The van der Waals surface area contributed by atoms with E-state index in [1.54, 1.807) is 0 Å². The van der Waals surface area contributed by atoms with Crippen LogP contribution in [-0.4, -0.2) is 23.7 Å². The summed E-state index contributed by atoms with van der Waals surface area (Å²) < 4.78 is 334. The Morgan fingerprint density at radius 3 is 0.909 bits per heavy atom. The molecule has 0 N–H and O–H groups in total. The summed E-state index contributed by atoms with van der Waals surface area (Å²) >= 11 is 0. The van der Waals surface area contributed by atoms with Gasteiger partial charge in [0.1, 0.15) is 52.5 Å². The predicted octanol–water partition coefficient (Wildman–Crippen LogP) is 11.6. The van der Waals surface area contributed by atoms with Crippen LogP contribution in [0.25, 0.3) is 0 Å². The molecular formula is C45H22BF20-. The molecule has 0 radical (unpaired) electrons. The lowest BCUT2D eigenvalue weighted by atomic mass is 9.02. The summed E-state index contributed by atoms with van der Waals surface area (Å²) in [6, 6.07) is 13.4. The van der Waals surface area contributed by atoms with E-state index in [0.717, 1.165) is 72.8 Å². The molecule has 0 nitrogen and oxygen atoms in total. The van der Waals surface area contributed by atoms with E-state index >= 15 is 74.6 Å². The molecular weight excluding hydrogens is 931 g/mol. The van der Waals surface area contributed by atoms with Gasteiger partial charge < -0.3 is 0 Å². The van der Waals surface area contributed by atoms with E-state index in [4.69, 9.17) is 0 Å². The van der Waals surface area contributed by atoms with E-state index in [-0.39, 0.29) is 0 Å². The van der Waals surface area contributed by atoms with Crippen molar-refractivity contribution in [3.8, 4) is 0 Å². The van der Waals surface area contributed by atoms with Crippen LogP contribution in [0, 0.1) is 87.3 Å². The zero-order valence-corrected chi connectivity index (χ0v) is 32.5. The molecule has 0 amide bonds. The first-order valence-corrected chi connectivity index (χ1v) is 18.9. The number of allylic oxidation sites excluding steroid dienone is 2. The zero-order valence-electron chi connectivity index (χ0n) is 32.5. The Labute approximate surface area is 358 Å². The maximum atomic E-state index is 20.3. The van der Waals surface area contributed by atoms with Crippen molar-refractivity contribution in [2.45, 2.75) is 42.1 Å². The van der Waals surface area contributed by atoms with Gasteiger partial charge in [-0.25, -0.2) is 87.8 Å². The largest absolute Gasteiger partial charge is 0.242 e. The van der Waals surface area contributed by atoms with E-state index in [1.165, 1.54) is 6.07 Å². The van der Waals surface area contributed by atoms with E-state index in [9.17, 15) is 13.2 Å². The smallest absolute Gasteiger partial charge is 0.200 e. The van der Waals surface area contributed by atoms with Crippen LogP contribution in [0.2, 0.25) is 5.31 Å². The number of alkyl halides is 3. The van der Waals surface area contributed by atoms with Crippen LogP contribution in [-0.2, 0) is 19.3 Å². The van der Waals surface area contributed by atoms with Gasteiger partial charge in [0.2, 0.25) is 0 Å². The molecule has 1 aliphatic carbocycles. The van der Waals surface area contributed by atoms with Crippen LogP contribution in [0.5, 0.6) is 0 Å². The van der Waals surface area contributed by atoms with Crippen LogP contribution in [0.3, 0.4) is 0 Å². The molecule has 7 rings (SSSR count). The van der Waals surface area contributed by atoms with Crippen LogP contribution < -0.4 is 16.4 Å². The lowest BCUT2D eigenvalue weighted by molar-refractivity contribution is -0.123. The van der Waals surface area contributed by atoms with Gasteiger partial charge in [-0.3, -0.25) is 0 Å². The maximum absolute atomic E-state index is 20.3. The number of halogens is 20. The van der Waals surface area contributed by atoms with Crippen molar-refractivity contribution >= 4 is 22.5 Å². The fourth-order valence-corrected chi connectivity index (χ4v) is 9.58. The molecule has 0 saturated carbocycles. The summed E-state index contributed by atoms with van der Waals surface area (Å²) in [5.41, 5.74) is -23.9. The second kappa shape index (κ2) is 16.9. The van der Waals surface area contributed by atoms with E-state index in [0.29, 0.717) is 12.1 Å². The second-order valence-electron chi connectivity index (χ2n) is 15.5. The molecule has 0 heterocycles. The van der Waals surface area contributed by atoms with Crippen LogP contribution in [0.4, 0.5) is 87.8 Å². The van der Waals surface area contributed by atoms with Gasteiger partial charge >= 0.3 is 0 Å². The summed E-state index contributed by atoms with van der Waals surface area (Å²) in [6.45, 7) is 0. The predicted molar refractivity (Wildman–Crippen MR) is 198 cm³/mol. The molecule has 66 heavy (non-hydrogen) atoms. The molecule has 346 valence electrons. The quantitative estimate of drug-likeness (QED) is 0.0556. The van der Waals surface area contributed by atoms with Gasteiger partial charge in [-0.2, -0.15) is 0 Å². The highest BCUT2D eigenvalue weighted by Gasteiger charge is 2.78. The van der Waals surface area contributed by atoms with Gasteiger partial charge in [0.05, 0.1) is 0 Å². The third-order valence-electron chi connectivity index (χ3n) is 12.3. The number of hydrogen-bond acceptors (Lipinski definition) is 0. The van der Waals surface area contributed by atoms with Crippen molar-refractivity contribution < 1.29 is 87.8 Å². The fourth-order valence-electron chi connectivity index (χ4n) is 9.58. The summed E-state index contributed by atoms with van der Waals surface area (Å²) in [6.07, 6.45) is -18.9. The Bertz CT molecular complexity index is 2670. The molecule has 1 aliphatic rings. The van der Waals surface area contributed by atoms with E-state index in [2.05, 4.69) is 0 Å². The van der Waals surface area contributed by atoms with Crippen molar-refractivity contribution in [3.63, 3.8) is 0 Å². The van der Waals surface area contributed by atoms with Gasteiger partial charge in [-0.05, 0) is 22.9 Å². The van der Waals surface area contributed by atoms with E-state index in [1.807, 2.05) is 0 Å². The summed E-state index contributed by atoms with van der Waals surface area (Å²) in [7, 11) is 0. The summed E-state index contributed by atoms with van der Waals surface area (Å²) in [4.78, 5) is 0. The number of rotatable bonds is 10. The van der Waals surface area contributed by atoms with Gasteiger partial charge in [0.25, 0.3) is 0 Å². The highest BCUT2D eigenvalue weighted by atomic mass is 19.2. The first kappa shape index (κ1) is 47.7. The monoisotopic (exact) mass is 953 g/mol. The first-order valence-electron chi connectivity index (χ1n) is 18.9. The molecule has 0 aliphatic heterocycles. The molecule has 6 aromatic rings. The molecule has 0 bridgehead atoms. The van der Waals surface area contributed by atoms with Gasteiger partial charge in [0.15, 0.2) is 70.0 Å². The minimum Gasteiger partial charge on any atom is -0.242 e. The lowest BCUT2D eigenvalue weighted by Crippen LogP contribution is -2.86. The fraction of sp³-hybridized carbons (Fsp3) is 0.156. The third kappa shape index (κ3) is 6.45. The first-order chi connectivity index (χ1) is 31.0. The molecule has 0 aromatic heterocycles. The Morgan fingerprint density at radius 2 is 0.606 bits per heavy atom. The topological polar surface area (TPSA) is 0 Å². The van der Waals surface area contributed by atoms with Crippen molar-refractivity contribution in [2.24, 2.45) is 0 Å². The Kier molecular flexibility index (Phi) is 12.2. The molecule has 0 saturated heterocycles. The molecule has 4 unspecified atom stereocenters. The SMILES string of the molecule is FC1=C(F)C(Cc2ccccc2)([B-](c2c(F)c(F)c(F)c(F)c2F)(c2c(F)c(F)c(F)c(F)c2F)c2c(F)c(F)c(F)c(F)c2F)C(F)(Cc2ccccc2)C(F)(Cc2ccccc2)C1F. The van der Waals surface area contributed by atoms with Gasteiger partial charge in [-0.1, -0.05) is 96.6 Å². The minimum absolute atomic E-state index is 0.602. The molecule has 4 atom stereocenters.